The number of rotatable bonds is 4. The minimum Gasteiger partial charge on any atom is -0.324 e. The quantitative estimate of drug-likeness (QED) is 0.661. The highest BCUT2D eigenvalue weighted by molar-refractivity contribution is 9.10. The average molecular weight is 397 g/mol. The maximum atomic E-state index is 12.5. The lowest BCUT2D eigenvalue weighted by Gasteiger charge is -2.09. The summed E-state index contributed by atoms with van der Waals surface area (Å²) in [6, 6.07) is 17.0. The van der Waals surface area contributed by atoms with Crippen molar-refractivity contribution < 1.29 is 4.79 Å². The molecule has 2 N–H and O–H groups in total. The summed E-state index contributed by atoms with van der Waals surface area (Å²) < 4.78 is 0.947. The van der Waals surface area contributed by atoms with E-state index in [1.54, 1.807) is 6.07 Å². The normalized spacial score (nSPS) is 10.4. The standard InChI is InChI=1S/C19H17BrN4O/c1-12-5-3-7-15(9-12)22-18(25)17-10-13(2)21-19(24-17)23-16-8-4-6-14(20)11-16/h3-11H,1-2H3,(H,22,25)(H,21,23,24). The fourth-order valence-electron chi connectivity index (χ4n) is 2.35. The van der Waals surface area contributed by atoms with Crippen molar-refractivity contribution in [3.05, 3.63) is 76.0 Å². The molecule has 0 radical (unpaired) electrons. The zero-order valence-corrected chi connectivity index (χ0v) is 15.5. The van der Waals surface area contributed by atoms with Gasteiger partial charge in [0, 0.05) is 21.5 Å². The number of halogens is 1. The van der Waals surface area contributed by atoms with E-state index in [2.05, 4.69) is 36.5 Å². The first-order chi connectivity index (χ1) is 12.0. The minimum absolute atomic E-state index is 0.270. The number of hydrogen-bond acceptors (Lipinski definition) is 4. The summed E-state index contributed by atoms with van der Waals surface area (Å²) in [6.45, 7) is 3.81. The Balaban J connectivity index is 1.82. The van der Waals surface area contributed by atoms with E-state index < -0.39 is 0 Å². The molecule has 3 aromatic rings. The molecule has 1 aromatic heterocycles. The van der Waals surface area contributed by atoms with Gasteiger partial charge >= 0.3 is 0 Å². The molecule has 0 saturated carbocycles. The molecule has 1 heterocycles. The van der Waals surface area contributed by atoms with Crippen LogP contribution in [0, 0.1) is 13.8 Å². The number of benzene rings is 2. The number of nitrogens with zero attached hydrogens (tertiary/aromatic N) is 2. The van der Waals surface area contributed by atoms with E-state index in [9.17, 15) is 4.79 Å². The molecule has 0 aliphatic heterocycles. The van der Waals surface area contributed by atoms with Gasteiger partial charge in [0.1, 0.15) is 5.69 Å². The largest absolute Gasteiger partial charge is 0.324 e. The van der Waals surface area contributed by atoms with Gasteiger partial charge in [-0.25, -0.2) is 9.97 Å². The molecule has 2 aromatic carbocycles. The van der Waals surface area contributed by atoms with Crippen molar-refractivity contribution in [2.24, 2.45) is 0 Å². The molecule has 25 heavy (non-hydrogen) atoms. The van der Waals surface area contributed by atoms with Crippen LogP contribution in [-0.4, -0.2) is 15.9 Å². The lowest BCUT2D eigenvalue weighted by Crippen LogP contribution is -2.15. The van der Waals surface area contributed by atoms with Crippen molar-refractivity contribution in [3.63, 3.8) is 0 Å². The fraction of sp³-hybridized carbons (Fsp3) is 0.105. The summed E-state index contributed by atoms with van der Waals surface area (Å²) in [4.78, 5) is 21.2. The highest BCUT2D eigenvalue weighted by Gasteiger charge is 2.11. The Labute approximate surface area is 154 Å². The summed E-state index contributed by atoms with van der Waals surface area (Å²) >= 11 is 3.43. The van der Waals surface area contributed by atoms with Crippen LogP contribution in [0.5, 0.6) is 0 Å². The number of anilines is 3. The van der Waals surface area contributed by atoms with Crippen LogP contribution in [-0.2, 0) is 0 Å². The maximum Gasteiger partial charge on any atom is 0.274 e. The van der Waals surface area contributed by atoms with E-state index in [0.717, 1.165) is 21.4 Å². The third-order valence-corrected chi connectivity index (χ3v) is 3.94. The second-order valence-corrected chi connectivity index (χ2v) is 6.59. The first-order valence-electron chi connectivity index (χ1n) is 7.76. The van der Waals surface area contributed by atoms with Crippen molar-refractivity contribution >= 4 is 39.2 Å². The van der Waals surface area contributed by atoms with Crippen molar-refractivity contribution in [1.29, 1.82) is 0 Å². The maximum absolute atomic E-state index is 12.5. The molecule has 0 spiro atoms. The second kappa shape index (κ2) is 7.44. The van der Waals surface area contributed by atoms with Crippen LogP contribution in [0.1, 0.15) is 21.7 Å². The molecule has 0 bridgehead atoms. The van der Waals surface area contributed by atoms with E-state index >= 15 is 0 Å². The van der Waals surface area contributed by atoms with Gasteiger partial charge in [0.15, 0.2) is 0 Å². The van der Waals surface area contributed by atoms with Crippen molar-refractivity contribution in [2.75, 3.05) is 10.6 Å². The fourth-order valence-corrected chi connectivity index (χ4v) is 2.75. The molecule has 126 valence electrons. The van der Waals surface area contributed by atoms with Crippen molar-refractivity contribution in [1.82, 2.24) is 9.97 Å². The minimum atomic E-state index is -0.270. The second-order valence-electron chi connectivity index (χ2n) is 5.68. The molecule has 1 amide bonds. The zero-order chi connectivity index (χ0) is 17.8. The smallest absolute Gasteiger partial charge is 0.274 e. The number of hydrogen-bond donors (Lipinski definition) is 2. The van der Waals surface area contributed by atoms with Gasteiger partial charge in [0.25, 0.3) is 5.91 Å². The molecule has 0 fully saturated rings. The molecular weight excluding hydrogens is 380 g/mol. The Morgan fingerprint density at radius 3 is 2.48 bits per heavy atom. The van der Waals surface area contributed by atoms with Gasteiger partial charge in [-0.2, -0.15) is 0 Å². The molecule has 0 unspecified atom stereocenters. The van der Waals surface area contributed by atoms with Gasteiger partial charge in [-0.15, -0.1) is 0 Å². The predicted octanol–water partition coefficient (Wildman–Crippen LogP) is 4.85. The van der Waals surface area contributed by atoms with E-state index in [1.165, 1.54) is 0 Å². The molecule has 0 saturated heterocycles. The highest BCUT2D eigenvalue weighted by Crippen LogP contribution is 2.19. The van der Waals surface area contributed by atoms with Crippen molar-refractivity contribution in [3.8, 4) is 0 Å². The summed E-state index contributed by atoms with van der Waals surface area (Å²) in [6.07, 6.45) is 0. The number of carbonyl (C=O) groups is 1. The van der Waals surface area contributed by atoms with E-state index in [1.807, 2.05) is 62.4 Å². The summed E-state index contributed by atoms with van der Waals surface area (Å²) in [5.74, 6) is 0.112. The van der Waals surface area contributed by atoms with Crippen LogP contribution in [0.4, 0.5) is 17.3 Å². The number of aryl methyl sites for hydroxylation is 2. The Bertz CT molecular complexity index is 927. The number of aromatic nitrogens is 2. The highest BCUT2D eigenvalue weighted by atomic mass is 79.9. The van der Waals surface area contributed by atoms with Crippen molar-refractivity contribution in [2.45, 2.75) is 13.8 Å². The van der Waals surface area contributed by atoms with Crippen LogP contribution in [0.15, 0.2) is 59.1 Å². The predicted molar refractivity (Wildman–Crippen MR) is 103 cm³/mol. The molecule has 0 aliphatic rings. The van der Waals surface area contributed by atoms with Crippen LogP contribution in [0.2, 0.25) is 0 Å². The SMILES string of the molecule is Cc1cccc(NC(=O)c2cc(C)nc(Nc3cccc(Br)c3)n2)c1. The van der Waals surface area contributed by atoms with Crippen LogP contribution < -0.4 is 10.6 Å². The Hall–Kier alpha value is -2.73. The number of carbonyl (C=O) groups excluding carboxylic acids is 1. The summed E-state index contributed by atoms with van der Waals surface area (Å²) in [7, 11) is 0. The lowest BCUT2D eigenvalue weighted by atomic mass is 10.2. The third-order valence-electron chi connectivity index (χ3n) is 3.44. The lowest BCUT2D eigenvalue weighted by molar-refractivity contribution is 0.102. The Morgan fingerprint density at radius 1 is 0.960 bits per heavy atom. The molecular formula is C19H17BrN4O. The van der Waals surface area contributed by atoms with E-state index in [0.29, 0.717) is 17.3 Å². The Morgan fingerprint density at radius 2 is 1.72 bits per heavy atom. The van der Waals surface area contributed by atoms with Crippen LogP contribution >= 0.6 is 15.9 Å². The summed E-state index contributed by atoms with van der Waals surface area (Å²) in [5.41, 5.74) is 3.68. The molecule has 5 nitrogen and oxygen atoms in total. The van der Waals surface area contributed by atoms with Gasteiger partial charge in [0.2, 0.25) is 5.95 Å². The average Bonchev–Trinajstić information content (AvgIpc) is 2.54. The molecule has 6 heteroatoms. The van der Waals surface area contributed by atoms with Gasteiger partial charge in [-0.3, -0.25) is 4.79 Å². The van der Waals surface area contributed by atoms with Gasteiger partial charge in [-0.05, 0) is 55.8 Å². The van der Waals surface area contributed by atoms with E-state index in [-0.39, 0.29) is 5.91 Å². The summed E-state index contributed by atoms with van der Waals surface area (Å²) in [5, 5.41) is 5.98. The first kappa shape index (κ1) is 17.1. The zero-order valence-electron chi connectivity index (χ0n) is 13.9. The topological polar surface area (TPSA) is 66.9 Å². The number of nitrogens with one attached hydrogen (secondary N) is 2. The van der Waals surface area contributed by atoms with Gasteiger partial charge < -0.3 is 10.6 Å². The molecule has 3 rings (SSSR count). The third kappa shape index (κ3) is 4.64. The van der Waals surface area contributed by atoms with Crippen LogP contribution in [0.25, 0.3) is 0 Å². The monoisotopic (exact) mass is 396 g/mol. The van der Waals surface area contributed by atoms with Gasteiger partial charge in [0.05, 0.1) is 0 Å². The van der Waals surface area contributed by atoms with Gasteiger partial charge in [-0.1, -0.05) is 34.1 Å². The molecule has 0 aliphatic carbocycles. The number of amides is 1. The first-order valence-corrected chi connectivity index (χ1v) is 8.55. The molecule has 0 atom stereocenters. The Kier molecular flexibility index (Phi) is 5.09. The van der Waals surface area contributed by atoms with E-state index in [4.69, 9.17) is 0 Å². The van der Waals surface area contributed by atoms with Crippen LogP contribution in [0.3, 0.4) is 0 Å².